The lowest BCUT2D eigenvalue weighted by Crippen LogP contribution is -2.53. The first-order chi connectivity index (χ1) is 9.99. The SMILES string of the molecule is O=C(O)C1COCCN1C(=O)Nc1ccc([N+](=O)[O-])cc1. The number of urea groups is 1. The number of nitro groups is 1. The Bertz CT molecular complexity index is 559. The van der Waals surface area contributed by atoms with E-state index in [1.165, 1.54) is 24.3 Å². The van der Waals surface area contributed by atoms with Gasteiger partial charge >= 0.3 is 12.0 Å². The Morgan fingerprint density at radius 2 is 2.05 bits per heavy atom. The molecule has 1 aromatic carbocycles. The Hall–Kier alpha value is -2.68. The van der Waals surface area contributed by atoms with Crippen LogP contribution in [0, 0.1) is 10.1 Å². The van der Waals surface area contributed by atoms with Crippen molar-refractivity contribution >= 4 is 23.4 Å². The van der Waals surface area contributed by atoms with Crippen LogP contribution in [0.3, 0.4) is 0 Å². The van der Waals surface area contributed by atoms with E-state index in [-0.39, 0.29) is 25.4 Å². The van der Waals surface area contributed by atoms with Gasteiger partial charge in [-0.15, -0.1) is 0 Å². The summed E-state index contributed by atoms with van der Waals surface area (Å²) in [6, 6.07) is 3.64. The lowest BCUT2D eigenvalue weighted by atomic mass is 10.2. The zero-order valence-corrected chi connectivity index (χ0v) is 10.9. The summed E-state index contributed by atoms with van der Waals surface area (Å²) in [6.45, 7) is 0.357. The van der Waals surface area contributed by atoms with Crippen LogP contribution in [-0.2, 0) is 9.53 Å². The molecule has 0 spiro atoms. The van der Waals surface area contributed by atoms with Crippen molar-refractivity contribution in [3.63, 3.8) is 0 Å². The molecule has 1 aliphatic rings. The molecule has 1 fully saturated rings. The Morgan fingerprint density at radius 3 is 2.62 bits per heavy atom. The van der Waals surface area contributed by atoms with Crippen LogP contribution >= 0.6 is 0 Å². The van der Waals surface area contributed by atoms with Gasteiger partial charge in [0.1, 0.15) is 0 Å². The van der Waals surface area contributed by atoms with Gasteiger partial charge in [-0.25, -0.2) is 9.59 Å². The predicted octanol–water partition coefficient (Wildman–Crippen LogP) is 0.912. The summed E-state index contributed by atoms with van der Waals surface area (Å²) in [5.74, 6) is -1.14. The molecule has 2 amide bonds. The number of hydrogen-bond acceptors (Lipinski definition) is 5. The molecule has 9 nitrogen and oxygen atoms in total. The molecule has 0 radical (unpaired) electrons. The molecule has 2 rings (SSSR count). The normalized spacial score (nSPS) is 18.1. The van der Waals surface area contributed by atoms with E-state index < -0.39 is 23.0 Å². The number of carboxylic acid groups (broad SMARTS) is 1. The van der Waals surface area contributed by atoms with E-state index >= 15 is 0 Å². The third kappa shape index (κ3) is 3.45. The van der Waals surface area contributed by atoms with E-state index in [1.54, 1.807) is 0 Å². The van der Waals surface area contributed by atoms with E-state index in [9.17, 15) is 19.7 Å². The Morgan fingerprint density at radius 1 is 1.38 bits per heavy atom. The number of non-ortho nitro benzene ring substituents is 1. The van der Waals surface area contributed by atoms with Crippen molar-refractivity contribution in [3.8, 4) is 0 Å². The van der Waals surface area contributed by atoms with E-state index in [4.69, 9.17) is 9.84 Å². The number of amides is 2. The molecule has 1 aliphatic heterocycles. The first-order valence-corrected chi connectivity index (χ1v) is 6.11. The van der Waals surface area contributed by atoms with Gasteiger partial charge in [-0.05, 0) is 12.1 Å². The highest BCUT2D eigenvalue weighted by atomic mass is 16.6. The summed E-state index contributed by atoms with van der Waals surface area (Å²) in [5.41, 5.74) is 0.254. The molecule has 1 saturated heterocycles. The number of anilines is 1. The highest BCUT2D eigenvalue weighted by molar-refractivity contribution is 5.92. The van der Waals surface area contributed by atoms with Gasteiger partial charge in [0.25, 0.3) is 5.69 Å². The Kier molecular flexibility index (Phi) is 4.33. The fraction of sp³-hybridized carbons (Fsp3) is 0.333. The largest absolute Gasteiger partial charge is 0.480 e. The van der Waals surface area contributed by atoms with Gasteiger partial charge in [-0.1, -0.05) is 0 Å². The van der Waals surface area contributed by atoms with E-state index in [0.717, 1.165) is 4.90 Å². The average molecular weight is 295 g/mol. The maximum Gasteiger partial charge on any atom is 0.328 e. The number of nitro benzene ring substituents is 1. The molecule has 112 valence electrons. The zero-order valence-electron chi connectivity index (χ0n) is 10.9. The van der Waals surface area contributed by atoms with Crippen LogP contribution in [0.4, 0.5) is 16.2 Å². The molecule has 1 aromatic rings. The van der Waals surface area contributed by atoms with Gasteiger partial charge in [-0.2, -0.15) is 0 Å². The molecule has 0 bridgehead atoms. The lowest BCUT2D eigenvalue weighted by molar-refractivity contribution is -0.384. The number of nitrogens with zero attached hydrogens (tertiary/aromatic N) is 2. The number of aliphatic carboxylic acids is 1. The lowest BCUT2D eigenvalue weighted by Gasteiger charge is -2.32. The van der Waals surface area contributed by atoms with Gasteiger partial charge in [0.05, 0.1) is 18.1 Å². The molecule has 9 heteroatoms. The summed E-state index contributed by atoms with van der Waals surface area (Å²) in [6.07, 6.45) is 0. The number of benzene rings is 1. The second kappa shape index (κ2) is 6.18. The van der Waals surface area contributed by atoms with Crippen molar-refractivity contribution in [3.05, 3.63) is 34.4 Å². The zero-order chi connectivity index (χ0) is 15.4. The van der Waals surface area contributed by atoms with Crippen LogP contribution in [-0.4, -0.2) is 52.7 Å². The van der Waals surface area contributed by atoms with Crippen LogP contribution < -0.4 is 5.32 Å². The van der Waals surface area contributed by atoms with Crippen LogP contribution in [0.5, 0.6) is 0 Å². The quantitative estimate of drug-likeness (QED) is 0.631. The smallest absolute Gasteiger partial charge is 0.328 e. The summed E-state index contributed by atoms with van der Waals surface area (Å²) < 4.78 is 5.04. The predicted molar refractivity (Wildman–Crippen MR) is 71.1 cm³/mol. The van der Waals surface area contributed by atoms with E-state index in [2.05, 4.69) is 5.32 Å². The van der Waals surface area contributed by atoms with Crippen molar-refractivity contribution in [1.82, 2.24) is 4.90 Å². The fourth-order valence-corrected chi connectivity index (χ4v) is 1.91. The highest BCUT2D eigenvalue weighted by Crippen LogP contribution is 2.17. The molecule has 21 heavy (non-hydrogen) atoms. The maximum atomic E-state index is 12.1. The number of ether oxygens (including phenoxy) is 1. The van der Waals surface area contributed by atoms with E-state index in [0.29, 0.717) is 5.69 Å². The van der Waals surface area contributed by atoms with Crippen LogP contribution in [0.25, 0.3) is 0 Å². The van der Waals surface area contributed by atoms with Gasteiger partial charge < -0.3 is 20.1 Å². The average Bonchev–Trinajstić information content (AvgIpc) is 2.47. The number of nitrogens with one attached hydrogen (secondary N) is 1. The van der Waals surface area contributed by atoms with Crippen LogP contribution in [0.2, 0.25) is 0 Å². The monoisotopic (exact) mass is 295 g/mol. The summed E-state index contributed by atoms with van der Waals surface area (Å²) in [4.78, 5) is 34.3. The van der Waals surface area contributed by atoms with Crippen molar-refractivity contribution in [2.24, 2.45) is 0 Å². The second-order valence-corrected chi connectivity index (χ2v) is 4.36. The fourth-order valence-electron chi connectivity index (χ4n) is 1.91. The van der Waals surface area contributed by atoms with Gasteiger partial charge in [0, 0.05) is 24.4 Å². The van der Waals surface area contributed by atoms with Crippen molar-refractivity contribution in [2.45, 2.75) is 6.04 Å². The number of carboxylic acids is 1. The molecule has 1 atom stereocenters. The van der Waals surface area contributed by atoms with Crippen molar-refractivity contribution in [1.29, 1.82) is 0 Å². The van der Waals surface area contributed by atoms with Gasteiger partial charge in [0.2, 0.25) is 0 Å². The molecule has 1 heterocycles. The van der Waals surface area contributed by atoms with Gasteiger partial charge in [-0.3, -0.25) is 10.1 Å². The number of morpholine rings is 1. The topological polar surface area (TPSA) is 122 Å². The van der Waals surface area contributed by atoms with Crippen LogP contribution in [0.1, 0.15) is 0 Å². The number of hydrogen-bond donors (Lipinski definition) is 2. The summed E-state index contributed by atoms with van der Waals surface area (Å²) in [7, 11) is 0. The number of rotatable bonds is 3. The first-order valence-electron chi connectivity index (χ1n) is 6.11. The van der Waals surface area contributed by atoms with Crippen molar-refractivity contribution in [2.75, 3.05) is 25.1 Å². The summed E-state index contributed by atoms with van der Waals surface area (Å²) >= 11 is 0. The van der Waals surface area contributed by atoms with Crippen LogP contribution in [0.15, 0.2) is 24.3 Å². The molecule has 0 saturated carbocycles. The molecule has 1 unspecified atom stereocenters. The minimum Gasteiger partial charge on any atom is -0.480 e. The minimum atomic E-state index is -1.14. The summed E-state index contributed by atoms with van der Waals surface area (Å²) in [5, 5.41) is 22.1. The Labute approximate surface area is 119 Å². The molecule has 0 aliphatic carbocycles. The third-order valence-corrected chi connectivity index (χ3v) is 3.00. The second-order valence-electron chi connectivity index (χ2n) is 4.36. The number of carbonyl (C=O) groups is 2. The van der Waals surface area contributed by atoms with Gasteiger partial charge in [0.15, 0.2) is 6.04 Å². The molecule has 0 aromatic heterocycles. The molecular weight excluding hydrogens is 282 g/mol. The Balaban J connectivity index is 2.05. The third-order valence-electron chi connectivity index (χ3n) is 3.00. The maximum absolute atomic E-state index is 12.1. The minimum absolute atomic E-state index is 0.0665. The number of carbonyl (C=O) groups excluding carboxylic acids is 1. The molecular formula is C12H13N3O6. The van der Waals surface area contributed by atoms with E-state index in [1.807, 2.05) is 0 Å². The highest BCUT2D eigenvalue weighted by Gasteiger charge is 2.32. The van der Waals surface area contributed by atoms with Crippen molar-refractivity contribution < 1.29 is 24.4 Å². The first kappa shape index (κ1) is 14.7. The standard InChI is InChI=1S/C12H13N3O6/c16-11(17)10-7-21-6-5-14(10)12(18)13-8-1-3-9(4-2-8)15(19)20/h1-4,10H,5-7H2,(H,13,18)(H,16,17). The molecule has 2 N–H and O–H groups in total.